The van der Waals surface area contributed by atoms with E-state index < -0.39 is 0 Å². The summed E-state index contributed by atoms with van der Waals surface area (Å²) in [6.45, 7) is 10.5. The first-order chi connectivity index (χ1) is 25.2. The first-order valence-corrected chi connectivity index (χ1v) is 17.3. The number of rotatable bonds is 5. The van der Waals surface area contributed by atoms with Gasteiger partial charge in [-0.05, 0) is 98.1 Å². The molecule has 0 N–H and O–H groups in total. The van der Waals surface area contributed by atoms with Crippen LogP contribution in [-0.2, 0) is 0 Å². The van der Waals surface area contributed by atoms with Gasteiger partial charge in [-0.15, -0.1) is 13.2 Å². The van der Waals surface area contributed by atoms with E-state index in [9.17, 15) is 0 Å². The van der Waals surface area contributed by atoms with Gasteiger partial charge >= 0.3 is 0 Å². The third kappa shape index (κ3) is 6.22. The average Bonchev–Trinajstić information content (AvgIpc) is 3.77. The van der Waals surface area contributed by atoms with Crippen molar-refractivity contribution in [1.29, 1.82) is 0 Å². The van der Waals surface area contributed by atoms with E-state index in [4.69, 9.17) is 0 Å². The van der Waals surface area contributed by atoms with Crippen LogP contribution in [0.25, 0.3) is 54.9 Å². The fraction of sp³-hybridized carbons (Fsp3) is 0.0417. The Morgan fingerprint density at radius 1 is 0.412 bits per heavy atom. The number of anilines is 3. The van der Waals surface area contributed by atoms with E-state index in [1.165, 1.54) is 49.2 Å². The van der Waals surface area contributed by atoms with Gasteiger partial charge < -0.3 is 14.0 Å². The zero-order valence-electron chi connectivity index (χ0n) is 29.2. The van der Waals surface area contributed by atoms with Crippen LogP contribution in [0.2, 0.25) is 0 Å². The summed E-state index contributed by atoms with van der Waals surface area (Å²) in [5.74, 6) is 0. The fourth-order valence-electron chi connectivity index (χ4n) is 6.93. The average molecular weight is 660 g/mol. The molecule has 0 saturated carbocycles. The van der Waals surface area contributed by atoms with Gasteiger partial charge in [0.05, 0.1) is 16.6 Å². The lowest BCUT2D eigenvalue weighted by Crippen LogP contribution is -2.09. The zero-order chi connectivity index (χ0) is 35.2. The number of benzene rings is 7. The molecule has 0 saturated heterocycles. The maximum atomic E-state index is 3.36. The minimum Gasteiger partial charge on any atom is -0.317 e. The predicted octanol–water partition coefficient (Wildman–Crippen LogP) is 13.7. The summed E-state index contributed by atoms with van der Waals surface area (Å²) in [7, 11) is 0. The van der Waals surface area contributed by atoms with Gasteiger partial charge in [0.1, 0.15) is 0 Å². The Morgan fingerprint density at radius 2 is 0.882 bits per heavy atom. The molecule has 0 radical (unpaired) electrons. The van der Waals surface area contributed by atoms with Crippen LogP contribution in [0.3, 0.4) is 0 Å². The van der Waals surface area contributed by atoms with E-state index >= 15 is 0 Å². The van der Waals surface area contributed by atoms with Crippen molar-refractivity contribution in [2.45, 2.75) is 13.8 Å². The van der Waals surface area contributed by atoms with Crippen LogP contribution in [0.15, 0.2) is 201 Å². The number of allylic oxidation sites excluding steroid dienone is 2. The highest BCUT2D eigenvalue weighted by Gasteiger charge is 2.17. The Bertz CT molecular complexity index is 2510. The molecular formula is C48H41N3. The van der Waals surface area contributed by atoms with Gasteiger partial charge in [0.25, 0.3) is 0 Å². The normalized spacial score (nSPS) is 10.7. The molecule has 0 spiro atoms. The lowest BCUT2D eigenvalue weighted by molar-refractivity contribution is 1.12. The van der Waals surface area contributed by atoms with E-state index in [2.05, 4.69) is 203 Å². The van der Waals surface area contributed by atoms with Crippen molar-refractivity contribution in [3.63, 3.8) is 0 Å². The van der Waals surface area contributed by atoms with Crippen molar-refractivity contribution in [2.75, 3.05) is 4.90 Å². The summed E-state index contributed by atoms with van der Waals surface area (Å²) >= 11 is 0. The highest BCUT2D eigenvalue weighted by atomic mass is 15.1. The Morgan fingerprint density at radius 3 is 1.51 bits per heavy atom. The van der Waals surface area contributed by atoms with Crippen molar-refractivity contribution in [3.8, 4) is 11.4 Å². The Kier molecular flexibility index (Phi) is 9.62. The molecule has 0 aliphatic heterocycles. The highest BCUT2D eigenvalue weighted by Crippen LogP contribution is 2.40. The van der Waals surface area contributed by atoms with Gasteiger partial charge in [-0.25, -0.2) is 0 Å². The molecule has 0 bridgehead atoms. The second kappa shape index (κ2) is 14.9. The second-order valence-corrected chi connectivity index (χ2v) is 12.3. The topological polar surface area (TPSA) is 13.1 Å². The molecule has 0 amide bonds. The summed E-state index contributed by atoms with van der Waals surface area (Å²) in [5, 5.41) is 6.32. The maximum absolute atomic E-state index is 3.36. The third-order valence-electron chi connectivity index (χ3n) is 8.93. The monoisotopic (exact) mass is 659 g/mol. The molecule has 2 aromatic heterocycles. The van der Waals surface area contributed by atoms with Crippen LogP contribution in [0.4, 0.5) is 17.1 Å². The Balaban J connectivity index is 0.000000635. The highest BCUT2D eigenvalue weighted by molar-refractivity contribution is 6.22. The molecule has 0 unspecified atom stereocenters. The van der Waals surface area contributed by atoms with Crippen LogP contribution < -0.4 is 4.90 Å². The summed E-state index contributed by atoms with van der Waals surface area (Å²) in [5.41, 5.74) is 9.36. The van der Waals surface area contributed by atoms with Crippen molar-refractivity contribution < 1.29 is 0 Å². The molecule has 2 heterocycles. The van der Waals surface area contributed by atoms with Crippen molar-refractivity contribution >= 4 is 60.5 Å². The summed E-state index contributed by atoms with van der Waals surface area (Å²) in [6.07, 6.45) is 5.70. The smallest absolute Gasteiger partial charge is 0.0619 e. The number of aromatic nitrogens is 2. The van der Waals surface area contributed by atoms with E-state index in [0.29, 0.717) is 0 Å². The van der Waals surface area contributed by atoms with Gasteiger partial charge in [-0.1, -0.05) is 103 Å². The number of fused-ring (bicyclic) bond motifs is 7. The van der Waals surface area contributed by atoms with Crippen molar-refractivity contribution in [3.05, 3.63) is 201 Å². The number of nitrogens with zero attached hydrogens (tertiary/aromatic N) is 3. The molecular weight excluding hydrogens is 619 g/mol. The van der Waals surface area contributed by atoms with Crippen molar-refractivity contribution in [1.82, 2.24) is 9.13 Å². The molecule has 9 aromatic rings. The molecule has 0 aliphatic carbocycles. The molecule has 7 aromatic carbocycles. The summed E-state index contributed by atoms with van der Waals surface area (Å²) < 4.78 is 4.71. The number of para-hydroxylation sites is 4. The SMILES string of the molecule is C=CC.C=CC.c1ccc(N(c2ccccc2)c2ccc(-n3ccc4c5ccc6c7ccccc7n(-c7ccccc7)c6c5ccc43)cc2)cc1. The number of hydrogen-bond donors (Lipinski definition) is 0. The Hall–Kier alpha value is -6.58. The predicted molar refractivity (Wildman–Crippen MR) is 222 cm³/mol. The number of hydrogen-bond acceptors (Lipinski definition) is 1. The van der Waals surface area contributed by atoms with Gasteiger partial charge in [-0.2, -0.15) is 0 Å². The lowest BCUT2D eigenvalue weighted by atomic mass is 10.0. The minimum atomic E-state index is 1.12. The molecule has 248 valence electrons. The Labute approximate surface area is 300 Å². The molecule has 3 nitrogen and oxygen atoms in total. The van der Waals surface area contributed by atoms with Gasteiger partial charge in [-0.3, -0.25) is 0 Å². The largest absolute Gasteiger partial charge is 0.317 e. The maximum Gasteiger partial charge on any atom is 0.0619 e. The lowest BCUT2D eigenvalue weighted by Gasteiger charge is -2.25. The van der Waals surface area contributed by atoms with Crippen LogP contribution in [0, 0.1) is 0 Å². The zero-order valence-corrected chi connectivity index (χ0v) is 29.2. The molecule has 3 heteroatoms. The van der Waals surface area contributed by atoms with E-state index in [1.54, 1.807) is 12.2 Å². The van der Waals surface area contributed by atoms with Crippen LogP contribution in [0.1, 0.15) is 13.8 Å². The second-order valence-electron chi connectivity index (χ2n) is 12.3. The summed E-state index contributed by atoms with van der Waals surface area (Å²) in [4.78, 5) is 2.29. The molecule has 0 atom stereocenters. The fourth-order valence-corrected chi connectivity index (χ4v) is 6.93. The van der Waals surface area contributed by atoms with Crippen LogP contribution >= 0.6 is 0 Å². The third-order valence-corrected chi connectivity index (χ3v) is 8.93. The van der Waals surface area contributed by atoms with Crippen LogP contribution in [-0.4, -0.2) is 9.13 Å². The molecule has 9 rings (SSSR count). The van der Waals surface area contributed by atoms with Gasteiger partial charge in [0.15, 0.2) is 0 Å². The van der Waals surface area contributed by atoms with E-state index in [1.807, 2.05) is 13.8 Å². The first kappa shape index (κ1) is 32.9. The molecule has 0 aliphatic rings. The van der Waals surface area contributed by atoms with Gasteiger partial charge in [0, 0.05) is 56.2 Å². The first-order valence-electron chi connectivity index (χ1n) is 17.3. The standard InChI is InChI=1S/C42H29N3.2C3H6/c1-4-12-31(13-5-1)44(32-14-6-2-7-15-32)34-22-20-30(21-23-34)43-29-28-37-35-24-25-39-36-18-10-11-19-41(36)45(33-16-8-3-9-17-33)42(39)38(35)26-27-40(37)43;2*1-3-2/h1-29H;2*3H,1H2,2H3. The van der Waals surface area contributed by atoms with E-state index in [-0.39, 0.29) is 0 Å². The van der Waals surface area contributed by atoms with Crippen LogP contribution in [0.5, 0.6) is 0 Å². The molecule has 51 heavy (non-hydrogen) atoms. The quantitative estimate of drug-likeness (QED) is 0.168. The van der Waals surface area contributed by atoms with Crippen molar-refractivity contribution in [2.24, 2.45) is 0 Å². The summed E-state index contributed by atoms with van der Waals surface area (Å²) in [6, 6.07) is 60.8. The van der Waals surface area contributed by atoms with E-state index in [0.717, 1.165) is 22.7 Å². The minimum absolute atomic E-state index is 1.12. The van der Waals surface area contributed by atoms with Gasteiger partial charge in [0.2, 0.25) is 0 Å². The molecule has 0 fully saturated rings.